The van der Waals surface area contributed by atoms with E-state index in [4.69, 9.17) is 0 Å². The van der Waals surface area contributed by atoms with Crippen molar-refractivity contribution in [3.05, 3.63) is 39.9 Å². The molecule has 0 aliphatic carbocycles. The van der Waals surface area contributed by atoms with Crippen LogP contribution in [0.5, 0.6) is 0 Å². The molecule has 6 nitrogen and oxygen atoms in total. The third-order valence-electron chi connectivity index (χ3n) is 3.04. The molecule has 2 N–H and O–H groups in total. The average Bonchev–Trinajstić information content (AvgIpc) is 2.42. The Bertz CT molecular complexity index is 474. The predicted octanol–water partition coefficient (Wildman–Crippen LogP) is 1.66. The van der Waals surface area contributed by atoms with Crippen molar-refractivity contribution in [1.82, 2.24) is 5.32 Å². The van der Waals surface area contributed by atoms with Gasteiger partial charge in [0.2, 0.25) is 5.91 Å². The fourth-order valence-electron chi connectivity index (χ4n) is 1.63. The maximum Gasteiger partial charge on any atom is 0.269 e. The molecule has 20 heavy (non-hydrogen) atoms. The minimum absolute atomic E-state index is 0.0261. The second-order valence-corrected chi connectivity index (χ2v) is 5.04. The third-order valence-corrected chi connectivity index (χ3v) is 3.04. The molecule has 0 aromatic heterocycles. The van der Waals surface area contributed by atoms with Crippen LogP contribution in [0.1, 0.15) is 25.8 Å². The van der Waals surface area contributed by atoms with Crippen molar-refractivity contribution in [2.45, 2.75) is 32.8 Å². The zero-order chi connectivity index (χ0) is 15.1. The topological polar surface area (TPSA) is 92.5 Å². The fourth-order valence-corrected chi connectivity index (χ4v) is 1.63. The first-order valence-corrected chi connectivity index (χ1v) is 6.58. The van der Waals surface area contributed by atoms with Gasteiger partial charge in [-0.3, -0.25) is 14.9 Å². The molecule has 0 saturated carbocycles. The van der Waals surface area contributed by atoms with Crippen molar-refractivity contribution < 1.29 is 14.8 Å². The molecule has 0 radical (unpaired) electrons. The van der Waals surface area contributed by atoms with Gasteiger partial charge in [-0.2, -0.15) is 0 Å². The molecule has 0 saturated heterocycles. The number of hydrogen-bond donors (Lipinski definition) is 2. The molecule has 0 bridgehead atoms. The van der Waals surface area contributed by atoms with Gasteiger partial charge < -0.3 is 10.4 Å². The molecule has 0 heterocycles. The summed E-state index contributed by atoms with van der Waals surface area (Å²) in [6.45, 7) is 3.98. The zero-order valence-electron chi connectivity index (χ0n) is 11.7. The summed E-state index contributed by atoms with van der Waals surface area (Å²) in [5.74, 6) is -0.0803. The van der Waals surface area contributed by atoms with E-state index in [2.05, 4.69) is 5.32 Å². The number of rotatable bonds is 7. The number of benzene rings is 1. The smallest absolute Gasteiger partial charge is 0.269 e. The SMILES string of the molecule is CC(C)C(O)CNC(=O)CCc1cccc([N+](=O)[O-])c1. The van der Waals surface area contributed by atoms with Crippen LogP contribution < -0.4 is 5.32 Å². The number of aliphatic hydroxyl groups is 1. The van der Waals surface area contributed by atoms with Gasteiger partial charge in [0.1, 0.15) is 0 Å². The van der Waals surface area contributed by atoms with E-state index in [1.54, 1.807) is 12.1 Å². The van der Waals surface area contributed by atoms with Crippen LogP contribution in [0.4, 0.5) is 5.69 Å². The number of aliphatic hydroxyl groups excluding tert-OH is 1. The van der Waals surface area contributed by atoms with Crippen LogP contribution in [-0.4, -0.2) is 28.6 Å². The van der Waals surface area contributed by atoms with E-state index >= 15 is 0 Å². The van der Waals surface area contributed by atoms with E-state index in [-0.39, 0.29) is 30.5 Å². The van der Waals surface area contributed by atoms with Gasteiger partial charge in [-0.1, -0.05) is 26.0 Å². The Balaban J connectivity index is 2.41. The highest BCUT2D eigenvalue weighted by atomic mass is 16.6. The number of nitrogens with one attached hydrogen (secondary N) is 1. The molecule has 1 aromatic carbocycles. The minimum Gasteiger partial charge on any atom is -0.391 e. The van der Waals surface area contributed by atoms with E-state index in [0.29, 0.717) is 6.42 Å². The summed E-state index contributed by atoms with van der Waals surface area (Å²) in [6.07, 6.45) is 0.119. The van der Waals surface area contributed by atoms with E-state index in [9.17, 15) is 20.0 Å². The summed E-state index contributed by atoms with van der Waals surface area (Å²) in [5, 5.41) is 22.8. The lowest BCUT2D eigenvalue weighted by molar-refractivity contribution is -0.384. The van der Waals surface area contributed by atoms with Gasteiger partial charge in [0.05, 0.1) is 11.0 Å². The molecule has 6 heteroatoms. The van der Waals surface area contributed by atoms with Crippen molar-refractivity contribution in [3.8, 4) is 0 Å². The normalized spacial score (nSPS) is 12.2. The summed E-state index contributed by atoms with van der Waals surface area (Å²) in [6, 6.07) is 6.25. The average molecular weight is 280 g/mol. The molecular weight excluding hydrogens is 260 g/mol. The summed E-state index contributed by atoms with van der Waals surface area (Å²) in [4.78, 5) is 21.8. The van der Waals surface area contributed by atoms with E-state index in [1.165, 1.54) is 12.1 Å². The maximum absolute atomic E-state index is 11.6. The first-order valence-electron chi connectivity index (χ1n) is 6.58. The number of carbonyl (C=O) groups excluding carboxylic acids is 1. The van der Waals surface area contributed by atoms with Crippen LogP contribution in [0.3, 0.4) is 0 Å². The van der Waals surface area contributed by atoms with Crippen molar-refractivity contribution in [3.63, 3.8) is 0 Å². The Kier molecular flexibility index (Phi) is 6.11. The Morgan fingerprint density at radius 2 is 2.15 bits per heavy atom. The van der Waals surface area contributed by atoms with Gasteiger partial charge in [-0.15, -0.1) is 0 Å². The Hall–Kier alpha value is -1.95. The van der Waals surface area contributed by atoms with E-state index in [0.717, 1.165) is 5.56 Å². The lowest BCUT2D eigenvalue weighted by Gasteiger charge is -2.14. The number of aryl methyl sites for hydroxylation is 1. The van der Waals surface area contributed by atoms with Crippen LogP contribution in [0.25, 0.3) is 0 Å². The van der Waals surface area contributed by atoms with Crippen molar-refractivity contribution in [1.29, 1.82) is 0 Å². The summed E-state index contributed by atoms with van der Waals surface area (Å²) in [7, 11) is 0. The number of hydrogen-bond acceptors (Lipinski definition) is 4. The highest BCUT2D eigenvalue weighted by Crippen LogP contribution is 2.14. The second kappa shape index (κ2) is 7.59. The van der Waals surface area contributed by atoms with Crippen LogP contribution in [0.2, 0.25) is 0 Å². The molecule has 0 aliphatic rings. The molecule has 1 unspecified atom stereocenters. The molecule has 1 rings (SSSR count). The number of nitro groups is 1. The molecule has 0 spiro atoms. The lowest BCUT2D eigenvalue weighted by atomic mass is 10.1. The largest absolute Gasteiger partial charge is 0.391 e. The predicted molar refractivity (Wildman–Crippen MR) is 75.3 cm³/mol. The van der Waals surface area contributed by atoms with Gasteiger partial charge in [0.25, 0.3) is 5.69 Å². The number of non-ortho nitro benzene ring substituents is 1. The molecule has 1 atom stereocenters. The van der Waals surface area contributed by atoms with Crippen LogP contribution in [0, 0.1) is 16.0 Å². The second-order valence-electron chi connectivity index (χ2n) is 5.04. The number of nitro benzene ring substituents is 1. The zero-order valence-corrected chi connectivity index (χ0v) is 11.7. The Labute approximate surface area is 118 Å². The quantitative estimate of drug-likeness (QED) is 0.587. The lowest BCUT2D eigenvalue weighted by Crippen LogP contribution is -2.34. The molecule has 1 aromatic rings. The van der Waals surface area contributed by atoms with Crippen LogP contribution in [-0.2, 0) is 11.2 Å². The van der Waals surface area contributed by atoms with Crippen LogP contribution >= 0.6 is 0 Å². The third kappa shape index (κ3) is 5.36. The van der Waals surface area contributed by atoms with Gasteiger partial charge in [0.15, 0.2) is 0 Å². The Morgan fingerprint density at radius 3 is 2.75 bits per heavy atom. The van der Waals surface area contributed by atoms with Crippen molar-refractivity contribution in [2.75, 3.05) is 6.54 Å². The fraction of sp³-hybridized carbons (Fsp3) is 0.500. The number of carbonyl (C=O) groups is 1. The van der Waals surface area contributed by atoms with Gasteiger partial charge in [0, 0.05) is 25.1 Å². The minimum atomic E-state index is -0.559. The van der Waals surface area contributed by atoms with Gasteiger partial charge >= 0.3 is 0 Å². The first kappa shape index (κ1) is 16.1. The van der Waals surface area contributed by atoms with E-state index in [1.807, 2.05) is 13.8 Å². The first-order chi connectivity index (χ1) is 9.40. The summed E-state index contributed by atoms with van der Waals surface area (Å²) in [5.41, 5.74) is 0.775. The molecule has 1 amide bonds. The summed E-state index contributed by atoms with van der Waals surface area (Å²) < 4.78 is 0. The number of nitrogens with zero attached hydrogens (tertiary/aromatic N) is 1. The molecular formula is C14H20N2O4. The highest BCUT2D eigenvalue weighted by Gasteiger charge is 2.11. The van der Waals surface area contributed by atoms with Crippen molar-refractivity contribution >= 4 is 11.6 Å². The van der Waals surface area contributed by atoms with Crippen molar-refractivity contribution in [2.24, 2.45) is 5.92 Å². The Morgan fingerprint density at radius 1 is 1.45 bits per heavy atom. The number of amides is 1. The molecule has 110 valence electrons. The maximum atomic E-state index is 11.6. The van der Waals surface area contributed by atoms with Gasteiger partial charge in [-0.25, -0.2) is 0 Å². The molecule has 0 fully saturated rings. The van der Waals surface area contributed by atoms with E-state index < -0.39 is 11.0 Å². The highest BCUT2D eigenvalue weighted by molar-refractivity contribution is 5.76. The van der Waals surface area contributed by atoms with Gasteiger partial charge in [-0.05, 0) is 17.9 Å². The summed E-state index contributed by atoms with van der Waals surface area (Å²) >= 11 is 0. The van der Waals surface area contributed by atoms with Crippen LogP contribution in [0.15, 0.2) is 24.3 Å². The molecule has 0 aliphatic heterocycles. The standard InChI is InChI=1S/C14H20N2O4/c1-10(2)13(17)9-15-14(18)7-6-11-4-3-5-12(8-11)16(19)20/h3-5,8,10,13,17H,6-7,9H2,1-2H3,(H,15,18). The monoisotopic (exact) mass is 280 g/mol.